The fraction of sp³-hybridized carbons (Fsp3) is 0.455. The Bertz CT molecular complexity index is 246. The molecule has 1 unspecified atom stereocenters. The van der Waals surface area contributed by atoms with Gasteiger partial charge in [0.25, 0.3) is 5.25 Å². The summed E-state index contributed by atoms with van der Waals surface area (Å²) in [6.07, 6.45) is 3.29. The summed E-state index contributed by atoms with van der Waals surface area (Å²) in [7, 11) is 0. The van der Waals surface area contributed by atoms with Crippen LogP contribution in [-0.4, -0.2) is 0 Å². The van der Waals surface area contributed by atoms with Crippen molar-refractivity contribution >= 4 is 11.7 Å². The van der Waals surface area contributed by atoms with E-state index >= 15 is 0 Å². The molecule has 2 heteroatoms. The van der Waals surface area contributed by atoms with Crippen molar-refractivity contribution in [3.8, 4) is 0 Å². The topological polar surface area (TPSA) is 17.1 Å². The third kappa shape index (κ3) is 3.23. The van der Waals surface area contributed by atoms with Gasteiger partial charge in [0.15, 0.2) is 0 Å². The second kappa shape index (κ2) is 5.81. The van der Waals surface area contributed by atoms with E-state index in [0.717, 1.165) is 24.8 Å². The van der Waals surface area contributed by atoms with E-state index in [1.165, 1.54) is 0 Å². The van der Waals surface area contributed by atoms with Crippen molar-refractivity contribution in [1.82, 2.24) is 0 Å². The van der Waals surface area contributed by atoms with Crippen LogP contribution in [0.4, 0.5) is 0 Å². The van der Waals surface area contributed by atoms with Gasteiger partial charge in [-0.25, -0.2) is 0 Å². The first-order valence-corrected chi connectivity index (χ1v) is 5.52. The minimum atomic E-state index is 0.140. The normalized spacial score (nSPS) is 12.4. The highest BCUT2D eigenvalue weighted by molar-refractivity contribution is 7.65. The minimum Gasteiger partial charge on any atom is -0.0654 e. The zero-order chi connectivity index (χ0) is 9.52. The number of rotatable bonds is 5. The molecule has 0 bridgehead atoms. The Kier molecular flexibility index (Phi) is 4.61. The van der Waals surface area contributed by atoms with Crippen LogP contribution in [0, 0.1) is 0 Å². The molecule has 1 aromatic rings. The van der Waals surface area contributed by atoms with Crippen molar-refractivity contribution in [2.24, 2.45) is 0 Å². The van der Waals surface area contributed by atoms with Gasteiger partial charge >= 0.3 is 11.7 Å². The van der Waals surface area contributed by atoms with Crippen LogP contribution in [0.5, 0.6) is 0 Å². The van der Waals surface area contributed by atoms with Crippen LogP contribution in [0.15, 0.2) is 30.3 Å². The van der Waals surface area contributed by atoms with E-state index in [0.29, 0.717) is 11.7 Å². The SMILES string of the molecule is CCCCC([S+]=O)c1ccccc1. The van der Waals surface area contributed by atoms with Crippen LogP contribution >= 0.6 is 0 Å². The maximum Gasteiger partial charge on any atom is 0.467 e. The summed E-state index contributed by atoms with van der Waals surface area (Å²) in [5.74, 6) is 0. The molecule has 0 aliphatic heterocycles. The van der Waals surface area contributed by atoms with E-state index in [-0.39, 0.29) is 5.25 Å². The summed E-state index contributed by atoms with van der Waals surface area (Å²) in [5.41, 5.74) is 1.16. The lowest BCUT2D eigenvalue weighted by molar-refractivity contribution is 0.591. The van der Waals surface area contributed by atoms with Gasteiger partial charge in [0.2, 0.25) is 0 Å². The van der Waals surface area contributed by atoms with E-state index in [2.05, 4.69) is 6.92 Å². The molecule has 0 radical (unpaired) electrons. The van der Waals surface area contributed by atoms with Gasteiger partial charge in [0, 0.05) is 16.2 Å². The van der Waals surface area contributed by atoms with Crippen LogP contribution in [0.2, 0.25) is 0 Å². The smallest absolute Gasteiger partial charge is 0.0654 e. The van der Waals surface area contributed by atoms with E-state index in [4.69, 9.17) is 0 Å². The zero-order valence-corrected chi connectivity index (χ0v) is 8.72. The third-order valence-corrected chi connectivity index (χ3v) is 2.85. The summed E-state index contributed by atoms with van der Waals surface area (Å²) < 4.78 is 10.9. The standard InChI is InChI=1S/C11H15OS/c1-2-3-9-11(13-12)10-7-5-4-6-8-10/h4-8,11H,2-3,9H2,1H3/q+1. The predicted octanol–water partition coefficient (Wildman–Crippen LogP) is 3.35. The van der Waals surface area contributed by atoms with Crippen molar-refractivity contribution < 1.29 is 4.21 Å². The molecule has 0 saturated carbocycles. The Balaban J connectivity index is 2.61. The highest BCUT2D eigenvalue weighted by Gasteiger charge is 2.22. The lowest BCUT2D eigenvalue weighted by atomic mass is 10.1. The lowest BCUT2D eigenvalue weighted by Gasteiger charge is -1.99. The van der Waals surface area contributed by atoms with Crippen LogP contribution < -0.4 is 0 Å². The third-order valence-electron chi connectivity index (χ3n) is 2.11. The van der Waals surface area contributed by atoms with Crippen molar-refractivity contribution in [2.75, 3.05) is 0 Å². The molecule has 0 aromatic heterocycles. The van der Waals surface area contributed by atoms with Gasteiger partial charge in [-0.3, -0.25) is 0 Å². The van der Waals surface area contributed by atoms with Gasteiger partial charge in [0.1, 0.15) is 0 Å². The molecule has 1 atom stereocenters. The average Bonchev–Trinajstić information content (AvgIpc) is 2.21. The molecule has 0 fully saturated rings. The second-order valence-corrected chi connectivity index (χ2v) is 3.90. The van der Waals surface area contributed by atoms with Gasteiger partial charge in [-0.15, -0.1) is 0 Å². The highest BCUT2D eigenvalue weighted by atomic mass is 32.1. The van der Waals surface area contributed by atoms with Crippen LogP contribution in [-0.2, 0) is 15.9 Å². The molecule has 1 aromatic carbocycles. The van der Waals surface area contributed by atoms with Gasteiger partial charge in [-0.2, -0.15) is 0 Å². The predicted molar refractivity (Wildman–Crippen MR) is 56.8 cm³/mol. The number of hydrogen-bond acceptors (Lipinski definition) is 1. The number of benzene rings is 1. The van der Waals surface area contributed by atoms with Gasteiger partial charge in [-0.1, -0.05) is 43.7 Å². The molecular weight excluding hydrogens is 180 g/mol. The van der Waals surface area contributed by atoms with Crippen molar-refractivity contribution in [1.29, 1.82) is 0 Å². The molecule has 13 heavy (non-hydrogen) atoms. The van der Waals surface area contributed by atoms with E-state index in [9.17, 15) is 4.21 Å². The Hall–Kier alpha value is -0.760. The molecule has 0 aliphatic rings. The number of unbranched alkanes of at least 4 members (excludes halogenated alkanes) is 1. The zero-order valence-electron chi connectivity index (χ0n) is 7.90. The maximum absolute atomic E-state index is 10.9. The Labute approximate surface area is 83.7 Å². The molecule has 1 nitrogen and oxygen atoms in total. The molecule has 0 amide bonds. The van der Waals surface area contributed by atoms with Crippen molar-refractivity contribution in [3.05, 3.63) is 35.9 Å². The highest BCUT2D eigenvalue weighted by Crippen LogP contribution is 2.20. The maximum atomic E-state index is 10.9. The summed E-state index contributed by atoms with van der Waals surface area (Å²) in [6.45, 7) is 2.15. The summed E-state index contributed by atoms with van der Waals surface area (Å²) in [5, 5.41) is 0.140. The quantitative estimate of drug-likeness (QED) is 0.658. The Morgan fingerprint density at radius 1 is 1.31 bits per heavy atom. The molecule has 0 saturated heterocycles. The molecule has 1 rings (SSSR count). The van der Waals surface area contributed by atoms with Crippen molar-refractivity contribution in [2.45, 2.75) is 31.4 Å². The van der Waals surface area contributed by atoms with Gasteiger partial charge in [0.05, 0.1) is 0 Å². The number of hydrogen-bond donors (Lipinski definition) is 0. The van der Waals surface area contributed by atoms with Gasteiger partial charge < -0.3 is 0 Å². The first kappa shape index (κ1) is 10.3. The average molecular weight is 195 g/mol. The largest absolute Gasteiger partial charge is 0.467 e. The second-order valence-electron chi connectivity index (χ2n) is 3.14. The molecular formula is C11H15OS+. The van der Waals surface area contributed by atoms with Crippen LogP contribution in [0.1, 0.15) is 37.0 Å². The molecule has 0 N–H and O–H groups in total. The summed E-state index contributed by atoms with van der Waals surface area (Å²) in [4.78, 5) is 0. The molecule has 0 aliphatic carbocycles. The fourth-order valence-electron chi connectivity index (χ4n) is 1.33. The molecule has 0 heterocycles. The lowest BCUT2D eigenvalue weighted by Crippen LogP contribution is -1.95. The van der Waals surface area contributed by atoms with E-state index in [1.807, 2.05) is 30.3 Å². The monoisotopic (exact) mass is 195 g/mol. The molecule has 0 spiro atoms. The van der Waals surface area contributed by atoms with Crippen LogP contribution in [0.3, 0.4) is 0 Å². The van der Waals surface area contributed by atoms with Crippen molar-refractivity contribution in [3.63, 3.8) is 0 Å². The van der Waals surface area contributed by atoms with E-state index < -0.39 is 0 Å². The van der Waals surface area contributed by atoms with Gasteiger partial charge in [-0.05, 0) is 6.42 Å². The van der Waals surface area contributed by atoms with Crippen LogP contribution in [0.25, 0.3) is 0 Å². The summed E-state index contributed by atoms with van der Waals surface area (Å²) >= 11 is 0.713. The Morgan fingerprint density at radius 3 is 2.54 bits per heavy atom. The Morgan fingerprint density at radius 2 is 2.00 bits per heavy atom. The first-order valence-electron chi connectivity index (χ1n) is 4.72. The molecule has 70 valence electrons. The first-order chi connectivity index (χ1) is 6.38. The fourth-order valence-corrected chi connectivity index (χ4v) is 1.86. The summed E-state index contributed by atoms with van der Waals surface area (Å²) in [6, 6.07) is 10.0. The van der Waals surface area contributed by atoms with E-state index in [1.54, 1.807) is 0 Å². The minimum absolute atomic E-state index is 0.140.